The van der Waals surface area contributed by atoms with Gasteiger partial charge >= 0.3 is 0 Å². The number of hydrazine groups is 1. The van der Waals surface area contributed by atoms with Gasteiger partial charge in [-0.3, -0.25) is 19.8 Å². The first-order chi connectivity index (χ1) is 10.7. The average Bonchev–Trinajstić information content (AvgIpc) is 2.79. The molecule has 0 spiro atoms. The van der Waals surface area contributed by atoms with Crippen LogP contribution in [0.3, 0.4) is 0 Å². The number of carbonyl (C=O) groups excluding carboxylic acids is 3. The molecule has 1 N–H and O–H groups in total. The fraction of sp³-hybridized carbons (Fsp3) is 0.471. The zero-order valence-electron chi connectivity index (χ0n) is 12.5. The van der Waals surface area contributed by atoms with Crippen molar-refractivity contribution >= 4 is 17.7 Å². The molecular weight excluding hydrogens is 280 g/mol. The van der Waals surface area contributed by atoms with E-state index in [4.69, 9.17) is 0 Å². The van der Waals surface area contributed by atoms with E-state index in [0.29, 0.717) is 6.42 Å². The van der Waals surface area contributed by atoms with E-state index >= 15 is 0 Å². The second kappa shape index (κ2) is 6.30. The van der Waals surface area contributed by atoms with Crippen LogP contribution in [0.1, 0.15) is 37.7 Å². The van der Waals surface area contributed by atoms with Crippen LogP contribution < -0.4 is 5.43 Å². The number of rotatable bonds is 4. The Morgan fingerprint density at radius 3 is 2.23 bits per heavy atom. The van der Waals surface area contributed by atoms with Gasteiger partial charge in [-0.25, -0.2) is 0 Å². The van der Waals surface area contributed by atoms with Crippen LogP contribution in [-0.2, 0) is 20.8 Å². The number of imide groups is 1. The van der Waals surface area contributed by atoms with Crippen molar-refractivity contribution in [2.75, 3.05) is 0 Å². The van der Waals surface area contributed by atoms with Crippen LogP contribution in [0, 0.1) is 11.8 Å². The number of benzene rings is 1. The molecule has 0 radical (unpaired) electrons. The number of amides is 3. The van der Waals surface area contributed by atoms with Crippen molar-refractivity contribution in [3.63, 3.8) is 0 Å². The lowest BCUT2D eigenvalue weighted by molar-refractivity contribution is -0.149. The lowest BCUT2D eigenvalue weighted by atomic mass is 9.81. The molecule has 2 aliphatic rings. The highest BCUT2D eigenvalue weighted by molar-refractivity contribution is 6.06. The molecule has 3 rings (SSSR count). The van der Waals surface area contributed by atoms with Crippen LogP contribution in [0.4, 0.5) is 0 Å². The van der Waals surface area contributed by atoms with Crippen LogP contribution in [0.25, 0.3) is 0 Å². The minimum Gasteiger partial charge on any atom is -0.273 e. The van der Waals surface area contributed by atoms with Gasteiger partial charge < -0.3 is 0 Å². The monoisotopic (exact) mass is 300 g/mol. The molecular formula is C17H20N2O3. The van der Waals surface area contributed by atoms with Gasteiger partial charge in [-0.05, 0) is 24.8 Å². The number of carbonyl (C=O) groups is 3. The first kappa shape index (κ1) is 14.8. The predicted octanol–water partition coefficient (Wildman–Crippen LogP) is 1.83. The molecule has 2 atom stereocenters. The summed E-state index contributed by atoms with van der Waals surface area (Å²) in [5, 5.41) is 0.966. The molecule has 0 unspecified atom stereocenters. The van der Waals surface area contributed by atoms with Crippen molar-refractivity contribution in [2.24, 2.45) is 11.8 Å². The van der Waals surface area contributed by atoms with E-state index in [2.05, 4.69) is 5.43 Å². The molecule has 1 aromatic carbocycles. The smallest absolute Gasteiger partial charge is 0.252 e. The lowest BCUT2D eigenvalue weighted by Crippen LogP contribution is -2.46. The molecule has 0 bridgehead atoms. The maximum atomic E-state index is 12.3. The molecule has 1 saturated carbocycles. The maximum absolute atomic E-state index is 12.3. The van der Waals surface area contributed by atoms with Gasteiger partial charge in [0.1, 0.15) is 0 Å². The van der Waals surface area contributed by atoms with Crippen molar-refractivity contribution in [3.05, 3.63) is 35.9 Å². The lowest BCUT2D eigenvalue weighted by Gasteiger charge is -2.19. The van der Waals surface area contributed by atoms with Gasteiger partial charge in [-0.1, -0.05) is 43.2 Å². The molecule has 0 aromatic heterocycles. The van der Waals surface area contributed by atoms with E-state index in [1.807, 2.05) is 30.3 Å². The van der Waals surface area contributed by atoms with Gasteiger partial charge in [0, 0.05) is 6.42 Å². The van der Waals surface area contributed by atoms with Crippen molar-refractivity contribution < 1.29 is 14.4 Å². The summed E-state index contributed by atoms with van der Waals surface area (Å²) in [6.07, 6.45) is 4.33. The van der Waals surface area contributed by atoms with Crippen molar-refractivity contribution in [1.82, 2.24) is 10.4 Å². The van der Waals surface area contributed by atoms with Crippen LogP contribution in [0.2, 0.25) is 0 Å². The summed E-state index contributed by atoms with van der Waals surface area (Å²) in [6.45, 7) is 0. The number of nitrogens with one attached hydrogen (secondary N) is 1. The van der Waals surface area contributed by atoms with Gasteiger partial charge in [0.15, 0.2) is 0 Å². The van der Waals surface area contributed by atoms with E-state index in [0.717, 1.165) is 36.3 Å². The molecule has 1 aliphatic carbocycles. The molecule has 3 amide bonds. The molecule has 1 saturated heterocycles. The Morgan fingerprint density at radius 2 is 1.64 bits per heavy atom. The minimum absolute atomic E-state index is 0.226. The van der Waals surface area contributed by atoms with Crippen LogP contribution in [0.5, 0.6) is 0 Å². The van der Waals surface area contributed by atoms with Crippen LogP contribution in [-0.4, -0.2) is 22.7 Å². The number of nitrogens with zero attached hydrogens (tertiary/aromatic N) is 1. The first-order valence-electron chi connectivity index (χ1n) is 7.88. The van der Waals surface area contributed by atoms with Gasteiger partial charge in [0.2, 0.25) is 5.91 Å². The standard InChI is InChI=1S/C17H20N2O3/c20-15(11-10-12-6-2-1-3-7-12)18-19-16(21)13-8-4-5-9-14(13)17(19)22/h1-3,6-7,13-14H,4-5,8-11H2,(H,18,20)/t13-,14+. The number of hydrogen-bond donors (Lipinski definition) is 1. The molecule has 1 aliphatic heterocycles. The molecule has 116 valence electrons. The van der Waals surface area contributed by atoms with Gasteiger partial charge in [-0.15, -0.1) is 0 Å². The van der Waals surface area contributed by atoms with Gasteiger partial charge in [0.05, 0.1) is 11.8 Å². The quantitative estimate of drug-likeness (QED) is 0.863. The van der Waals surface area contributed by atoms with Crippen LogP contribution >= 0.6 is 0 Å². The summed E-state index contributed by atoms with van der Waals surface area (Å²) in [5.74, 6) is -1.21. The number of fused-ring (bicyclic) bond motifs is 1. The SMILES string of the molecule is O=C(CCc1ccccc1)NN1C(=O)[C@H]2CCCC[C@H]2C1=O. The minimum atomic E-state index is -0.288. The van der Waals surface area contributed by atoms with Gasteiger partial charge in [-0.2, -0.15) is 5.01 Å². The van der Waals surface area contributed by atoms with E-state index in [1.54, 1.807) is 0 Å². The zero-order valence-corrected chi connectivity index (χ0v) is 12.5. The largest absolute Gasteiger partial charge is 0.273 e. The third-order valence-corrected chi connectivity index (χ3v) is 4.56. The Balaban J connectivity index is 1.57. The summed E-state index contributed by atoms with van der Waals surface area (Å²) in [7, 11) is 0. The second-order valence-corrected chi connectivity index (χ2v) is 6.03. The summed E-state index contributed by atoms with van der Waals surface area (Å²) in [6, 6.07) is 9.67. The highest BCUT2D eigenvalue weighted by atomic mass is 16.2. The van der Waals surface area contributed by atoms with E-state index in [9.17, 15) is 14.4 Å². The van der Waals surface area contributed by atoms with E-state index in [-0.39, 0.29) is 36.0 Å². The Bertz CT molecular complexity index is 561. The van der Waals surface area contributed by atoms with Crippen molar-refractivity contribution in [2.45, 2.75) is 38.5 Å². The normalized spacial score (nSPS) is 24.3. The summed E-state index contributed by atoms with van der Waals surface area (Å²) in [5.41, 5.74) is 3.56. The summed E-state index contributed by atoms with van der Waals surface area (Å²) >= 11 is 0. The highest BCUT2D eigenvalue weighted by Gasteiger charge is 2.48. The average molecular weight is 300 g/mol. The zero-order chi connectivity index (χ0) is 15.5. The van der Waals surface area contributed by atoms with Crippen molar-refractivity contribution in [3.8, 4) is 0 Å². The Morgan fingerprint density at radius 1 is 1.05 bits per heavy atom. The Kier molecular flexibility index (Phi) is 4.22. The van der Waals surface area contributed by atoms with Crippen molar-refractivity contribution in [1.29, 1.82) is 0 Å². The topological polar surface area (TPSA) is 66.5 Å². The summed E-state index contributed by atoms with van der Waals surface area (Å²) < 4.78 is 0. The third-order valence-electron chi connectivity index (χ3n) is 4.56. The molecule has 1 aromatic rings. The fourth-order valence-electron chi connectivity index (χ4n) is 3.36. The highest BCUT2D eigenvalue weighted by Crippen LogP contribution is 2.37. The van der Waals surface area contributed by atoms with Gasteiger partial charge in [0.25, 0.3) is 11.8 Å². The molecule has 5 heteroatoms. The molecule has 22 heavy (non-hydrogen) atoms. The Hall–Kier alpha value is -2.17. The fourth-order valence-corrected chi connectivity index (χ4v) is 3.36. The number of hydrogen-bond acceptors (Lipinski definition) is 3. The second-order valence-electron chi connectivity index (χ2n) is 6.03. The Labute approximate surface area is 129 Å². The van der Waals surface area contributed by atoms with E-state index in [1.165, 1.54) is 0 Å². The first-order valence-corrected chi connectivity index (χ1v) is 7.88. The third kappa shape index (κ3) is 2.89. The summed E-state index contributed by atoms with van der Waals surface area (Å²) in [4.78, 5) is 36.5. The molecule has 5 nitrogen and oxygen atoms in total. The predicted molar refractivity (Wildman–Crippen MR) is 80.2 cm³/mol. The van der Waals surface area contributed by atoms with E-state index < -0.39 is 0 Å². The maximum Gasteiger partial charge on any atom is 0.252 e. The van der Waals surface area contributed by atoms with Crippen LogP contribution in [0.15, 0.2) is 30.3 Å². The molecule has 2 fully saturated rings. The molecule has 1 heterocycles. The number of aryl methyl sites for hydroxylation is 1.